The minimum atomic E-state index is -0.0742. The van der Waals surface area contributed by atoms with Gasteiger partial charge >= 0.3 is 0 Å². The molecule has 2 N–H and O–H groups in total. The fraction of sp³-hybridized carbons (Fsp3) is 0.273. The summed E-state index contributed by atoms with van der Waals surface area (Å²) in [5.74, 6) is 0.754. The molecule has 28 heavy (non-hydrogen) atoms. The topological polar surface area (TPSA) is 68.5 Å². The SMILES string of the molecule is CCOc1ccc(-c2nc(C(=O)N(CCN)CCc3ccccc3)cs2)cc1. The molecule has 3 rings (SSSR count). The fourth-order valence-corrected chi connectivity index (χ4v) is 3.71. The van der Waals surface area contributed by atoms with Crippen molar-refractivity contribution in [1.29, 1.82) is 0 Å². The third-order valence-corrected chi connectivity index (χ3v) is 5.23. The Labute approximate surface area is 169 Å². The molecule has 0 aliphatic heterocycles. The molecule has 146 valence electrons. The summed E-state index contributed by atoms with van der Waals surface area (Å²) in [6.07, 6.45) is 0.794. The van der Waals surface area contributed by atoms with Crippen LogP contribution in [-0.4, -0.2) is 42.0 Å². The van der Waals surface area contributed by atoms with E-state index in [0.717, 1.165) is 22.7 Å². The monoisotopic (exact) mass is 395 g/mol. The first-order valence-electron chi connectivity index (χ1n) is 9.43. The third-order valence-electron chi connectivity index (χ3n) is 4.34. The van der Waals surface area contributed by atoms with Crippen LogP contribution in [0.3, 0.4) is 0 Å². The lowest BCUT2D eigenvalue weighted by molar-refractivity contribution is 0.0757. The normalized spacial score (nSPS) is 10.6. The molecule has 0 aliphatic carbocycles. The number of amides is 1. The Bertz CT molecular complexity index is 878. The quantitative estimate of drug-likeness (QED) is 0.597. The molecule has 0 fully saturated rings. The van der Waals surface area contributed by atoms with Crippen molar-refractivity contribution >= 4 is 17.2 Å². The summed E-state index contributed by atoms with van der Waals surface area (Å²) in [6.45, 7) is 4.15. The summed E-state index contributed by atoms with van der Waals surface area (Å²) in [6, 6.07) is 17.9. The van der Waals surface area contributed by atoms with Crippen LogP contribution in [0.4, 0.5) is 0 Å². The zero-order valence-electron chi connectivity index (χ0n) is 16.0. The molecule has 0 unspecified atom stereocenters. The molecule has 0 radical (unpaired) electrons. The molecule has 5 nitrogen and oxygen atoms in total. The summed E-state index contributed by atoms with van der Waals surface area (Å²) in [5.41, 5.74) is 8.37. The van der Waals surface area contributed by atoms with Crippen molar-refractivity contribution in [2.75, 3.05) is 26.2 Å². The molecule has 0 bridgehead atoms. The number of carbonyl (C=O) groups excluding carboxylic acids is 1. The number of nitrogens with zero attached hydrogens (tertiary/aromatic N) is 2. The maximum absolute atomic E-state index is 12.9. The zero-order valence-corrected chi connectivity index (χ0v) is 16.8. The first-order valence-corrected chi connectivity index (χ1v) is 10.3. The average molecular weight is 396 g/mol. The highest BCUT2D eigenvalue weighted by Crippen LogP contribution is 2.26. The molecule has 0 spiro atoms. The number of nitrogens with two attached hydrogens (primary N) is 1. The van der Waals surface area contributed by atoms with Crippen molar-refractivity contribution < 1.29 is 9.53 Å². The van der Waals surface area contributed by atoms with Crippen LogP contribution in [-0.2, 0) is 6.42 Å². The van der Waals surface area contributed by atoms with E-state index in [2.05, 4.69) is 17.1 Å². The Morgan fingerprint density at radius 3 is 2.54 bits per heavy atom. The maximum atomic E-state index is 12.9. The largest absolute Gasteiger partial charge is 0.494 e. The lowest BCUT2D eigenvalue weighted by Gasteiger charge is -2.21. The van der Waals surface area contributed by atoms with Crippen molar-refractivity contribution in [2.45, 2.75) is 13.3 Å². The molecule has 0 atom stereocenters. The summed E-state index contributed by atoms with van der Waals surface area (Å²) in [7, 11) is 0. The van der Waals surface area contributed by atoms with Gasteiger partial charge < -0.3 is 15.4 Å². The second-order valence-corrected chi connectivity index (χ2v) is 7.17. The Morgan fingerprint density at radius 2 is 1.86 bits per heavy atom. The minimum Gasteiger partial charge on any atom is -0.494 e. The van der Waals surface area contributed by atoms with Gasteiger partial charge in [-0.15, -0.1) is 11.3 Å². The van der Waals surface area contributed by atoms with Crippen molar-refractivity contribution in [3.05, 3.63) is 71.2 Å². The second-order valence-electron chi connectivity index (χ2n) is 6.31. The van der Waals surface area contributed by atoms with Gasteiger partial charge in [0, 0.05) is 30.6 Å². The van der Waals surface area contributed by atoms with Crippen LogP contribution >= 0.6 is 11.3 Å². The van der Waals surface area contributed by atoms with E-state index in [9.17, 15) is 4.79 Å². The van der Waals surface area contributed by atoms with Gasteiger partial charge in [0.15, 0.2) is 0 Å². The van der Waals surface area contributed by atoms with Crippen LogP contribution in [0.15, 0.2) is 60.0 Å². The number of rotatable bonds is 9. The summed E-state index contributed by atoms with van der Waals surface area (Å²) < 4.78 is 5.47. The molecular formula is C22H25N3O2S. The highest BCUT2D eigenvalue weighted by atomic mass is 32.1. The van der Waals surface area contributed by atoms with Gasteiger partial charge in [-0.05, 0) is 43.2 Å². The van der Waals surface area contributed by atoms with Gasteiger partial charge in [0.2, 0.25) is 0 Å². The van der Waals surface area contributed by atoms with Gasteiger partial charge in [0.25, 0.3) is 5.91 Å². The summed E-state index contributed by atoms with van der Waals surface area (Å²) in [5, 5.41) is 2.64. The van der Waals surface area contributed by atoms with Gasteiger partial charge in [-0.25, -0.2) is 4.98 Å². The molecule has 2 aromatic carbocycles. The van der Waals surface area contributed by atoms with Crippen LogP contribution in [0.25, 0.3) is 10.6 Å². The Balaban J connectivity index is 1.69. The Morgan fingerprint density at radius 1 is 1.11 bits per heavy atom. The molecule has 1 aromatic heterocycles. The van der Waals surface area contributed by atoms with Crippen LogP contribution < -0.4 is 10.5 Å². The van der Waals surface area contributed by atoms with Crippen molar-refractivity contribution in [1.82, 2.24) is 9.88 Å². The molecular weight excluding hydrogens is 370 g/mol. The van der Waals surface area contributed by atoms with Crippen molar-refractivity contribution in [3.8, 4) is 16.3 Å². The van der Waals surface area contributed by atoms with Crippen LogP contribution in [0.5, 0.6) is 5.75 Å². The fourth-order valence-electron chi connectivity index (χ4n) is 2.91. The van der Waals surface area contributed by atoms with Crippen molar-refractivity contribution in [3.63, 3.8) is 0 Å². The van der Waals surface area contributed by atoms with Gasteiger partial charge in [-0.2, -0.15) is 0 Å². The van der Waals surface area contributed by atoms with Crippen LogP contribution in [0, 0.1) is 0 Å². The highest BCUT2D eigenvalue weighted by molar-refractivity contribution is 7.13. The minimum absolute atomic E-state index is 0.0742. The van der Waals surface area contributed by atoms with E-state index >= 15 is 0 Å². The smallest absolute Gasteiger partial charge is 0.273 e. The maximum Gasteiger partial charge on any atom is 0.273 e. The number of benzene rings is 2. The van der Waals surface area contributed by atoms with E-state index in [-0.39, 0.29) is 5.91 Å². The van der Waals surface area contributed by atoms with Gasteiger partial charge in [-0.1, -0.05) is 30.3 Å². The van der Waals surface area contributed by atoms with Crippen LogP contribution in [0.1, 0.15) is 23.0 Å². The van der Waals surface area contributed by atoms with E-state index in [4.69, 9.17) is 10.5 Å². The standard InChI is InChI=1S/C22H25N3O2S/c1-2-27-19-10-8-18(9-11-19)21-24-20(16-28-21)22(26)25(15-13-23)14-12-17-6-4-3-5-7-17/h3-11,16H,2,12-15,23H2,1H3. The lowest BCUT2D eigenvalue weighted by atomic mass is 10.1. The first kappa shape index (κ1) is 20.0. The summed E-state index contributed by atoms with van der Waals surface area (Å²) in [4.78, 5) is 19.3. The highest BCUT2D eigenvalue weighted by Gasteiger charge is 2.18. The zero-order chi connectivity index (χ0) is 19.8. The molecule has 1 amide bonds. The van der Waals surface area contributed by atoms with Crippen LogP contribution in [0.2, 0.25) is 0 Å². The molecule has 0 saturated carbocycles. The van der Waals surface area contributed by atoms with E-state index in [1.54, 1.807) is 4.90 Å². The number of aromatic nitrogens is 1. The predicted octanol–water partition coefficient (Wildman–Crippen LogP) is 3.85. The second kappa shape index (κ2) is 10.0. The number of hydrogen-bond acceptors (Lipinski definition) is 5. The average Bonchev–Trinajstić information content (AvgIpc) is 3.22. The molecule has 3 aromatic rings. The Hall–Kier alpha value is -2.70. The Kier molecular flexibility index (Phi) is 7.17. The molecule has 0 saturated heterocycles. The number of carbonyl (C=O) groups is 1. The van der Waals surface area contributed by atoms with E-state index in [0.29, 0.717) is 31.9 Å². The third kappa shape index (κ3) is 5.18. The molecule has 6 heteroatoms. The predicted molar refractivity (Wildman–Crippen MR) is 114 cm³/mol. The van der Waals surface area contributed by atoms with E-state index in [1.807, 2.05) is 54.8 Å². The van der Waals surface area contributed by atoms with Gasteiger partial charge in [0.1, 0.15) is 16.5 Å². The van der Waals surface area contributed by atoms with Gasteiger partial charge in [0.05, 0.1) is 6.61 Å². The number of hydrogen-bond donors (Lipinski definition) is 1. The number of ether oxygens (including phenoxy) is 1. The number of thiazole rings is 1. The van der Waals surface area contributed by atoms with E-state index < -0.39 is 0 Å². The molecule has 1 heterocycles. The summed E-state index contributed by atoms with van der Waals surface area (Å²) >= 11 is 1.47. The first-order chi connectivity index (χ1) is 13.7. The van der Waals surface area contributed by atoms with Gasteiger partial charge in [-0.3, -0.25) is 4.79 Å². The lowest BCUT2D eigenvalue weighted by Crippen LogP contribution is -2.37. The van der Waals surface area contributed by atoms with E-state index in [1.165, 1.54) is 16.9 Å². The van der Waals surface area contributed by atoms with Crippen molar-refractivity contribution in [2.24, 2.45) is 5.73 Å². The molecule has 0 aliphatic rings.